The van der Waals surface area contributed by atoms with Gasteiger partial charge in [0, 0.05) is 16.7 Å². The maximum atomic E-state index is 12.0. The number of nitriles is 1. The number of carbonyl (C=O) groups excluding carboxylic acids is 1. The van der Waals surface area contributed by atoms with Gasteiger partial charge in [-0.2, -0.15) is 5.26 Å². The molecule has 0 aliphatic heterocycles. The summed E-state index contributed by atoms with van der Waals surface area (Å²) in [6, 6.07) is 9.94. The highest BCUT2D eigenvalue weighted by Crippen LogP contribution is 2.10. The first-order chi connectivity index (χ1) is 8.04. The van der Waals surface area contributed by atoms with Crippen LogP contribution in [0.2, 0.25) is 0 Å². The van der Waals surface area contributed by atoms with Gasteiger partial charge < -0.3 is 4.90 Å². The van der Waals surface area contributed by atoms with Gasteiger partial charge in [-0.15, -0.1) is 0 Å². The van der Waals surface area contributed by atoms with E-state index in [0.29, 0.717) is 12.8 Å². The number of likely N-dealkylation sites (N-methyl/N-ethyl adjacent to an activating group) is 1. The molecule has 1 aromatic rings. The summed E-state index contributed by atoms with van der Waals surface area (Å²) in [5.41, 5.74) is 1.01. The first kappa shape index (κ1) is 14.0. The summed E-state index contributed by atoms with van der Waals surface area (Å²) in [6.07, 6.45) is 0.762. The number of hydrogen-bond acceptors (Lipinski definition) is 2. The fourth-order valence-electron chi connectivity index (χ4n) is 1.46. The van der Waals surface area contributed by atoms with E-state index in [9.17, 15) is 4.79 Å². The first-order valence-corrected chi connectivity index (χ1v) is 6.49. The monoisotopic (exact) mass is 342 g/mol. The average Bonchev–Trinajstić information content (AvgIpc) is 2.28. The van der Waals surface area contributed by atoms with Gasteiger partial charge in [0.15, 0.2) is 0 Å². The molecule has 0 N–H and O–H groups in total. The van der Waals surface area contributed by atoms with Gasteiger partial charge >= 0.3 is 0 Å². The minimum absolute atomic E-state index is 0.0321. The van der Waals surface area contributed by atoms with Gasteiger partial charge in [-0.1, -0.05) is 12.1 Å². The number of amides is 1. The van der Waals surface area contributed by atoms with E-state index in [2.05, 4.69) is 28.7 Å². The Hall–Kier alpha value is -1.09. The van der Waals surface area contributed by atoms with Gasteiger partial charge in [-0.05, 0) is 47.2 Å². The Morgan fingerprint density at radius 3 is 2.88 bits per heavy atom. The molecule has 4 heteroatoms. The predicted octanol–water partition coefficient (Wildman–Crippen LogP) is 2.59. The smallest absolute Gasteiger partial charge is 0.227 e. The van der Waals surface area contributed by atoms with Crippen molar-refractivity contribution in [2.75, 3.05) is 7.05 Å². The van der Waals surface area contributed by atoms with Gasteiger partial charge in [0.1, 0.15) is 0 Å². The maximum Gasteiger partial charge on any atom is 0.227 e. The lowest BCUT2D eigenvalue weighted by molar-refractivity contribution is -0.130. The number of hydrogen-bond donors (Lipinski definition) is 0. The number of benzene rings is 1. The summed E-state index contributed by atoms with van der Waals surface area (Å²) < 4.78 is 1.13. The van der Waals surface area contributed by atoms with E-state index in [4.69, 9.17) is 5.26 Å². The van der Waals surface area contributed by atoms with Crippen molar-refractivity contribution in [3.8, 4) is 6.07 Å². The molecule has 0 heterocycles. The van der Waals surface area contributed by atoms with Crippen LogP contribution in [0.3, 0.4) is 0 Å². The molecule has 0 aliphatic carbocycles. The highest BCUT2D eigenvalue weighted by atomic mass is 127. The van der Waals surface area contributed by atoms with E-state index in [-0.39, 0.29) is 11.9 Å². The van der Waals surface area contributed by atoms with Crippen LogP contribution in [0, 0.1) is 14.9 Å². The second-order valence-electron chi connectivity index (χ2n) is 4.02. The van der Waals surface area contributed by atoms with E-state index in [1.165, 1.54) is 0 Å². The maximum absolute atomic E-state index is 12.0. The molecule has 0 saturated heterocycles. The fourth-order valence-corrected chi connectivity index (χ4v) is 2.07. The summed E-state index contributed by atoms with van der Waals surface area (Å²) in [6.45, 7) is 1.88. The summed E-state index contributed by atoms with van der Waals surface area (Å²) in [7, 11) is 1.75. The topological polar surface area (TPSA) is 44.1 Å². The molecule has 0 radical (unpaired) electrons. The third kappa shape index (κ3) is 4.35. The van der Waals surface area contributed by atoms with Crippen molar-refractivity contribution in [3.05, 3.63) is 33.4 Å². The summed E-state index contributed by atoms with van der Waals surface area (Å²) >= 11 is 2.23. The minimum Gasteiger partial charge on any atom is -0.342 e. The minimum atomic E-state index is -0.0321. The zero-order valence-corrected chi connectivity index (χ0v) is 12.1. The third-order valence-electron chi connectivity index (χ3n) is 2.69. The SMILES string of the molecule is C[C@H](CC#N)N(C)C(=O)Cc1cccc(I)c1. The van der Waals surface area contributed by atoms with Crippen LogP contribution in [0.1, 0.15) is 18.9 Å². The molecule has 1 rings (SSSR count). The molecule has 1 aromatic carbocycles. The molecule has 1 amide bonds. The molecule has 0 spiro atoms. The summed E-state index contributed by atoms with van der Waals surface area (Å²) in [5.74, 6) is 0.0507. The van der Waals surface area contributed by atoms with Gasteiger partial charge in [-0.3, -0.25) is 4.79 Å². The highest BCUT2D eigenvalue weighted by Gasteiger charge is 2.15. The molecule has 0 bridgehead atoms. The van der Waals surface area contributed by atoms with Crippen LogP contribution in [-0.4, -0.2) is 23.9 Å². The molecule has 17 heavy (non-hydrogen) atoms. The lowest BCUT2D eigenvalue weighted by Gasteiger charge is -2.23. The number of carbonyl (C=O) groups is 1. The Balaban J connectivity index is 2.63. The number of rotatable bonds is 4. The van der Waals surface area contributed by atoms with Crippen LogP contribution in [0.15, 0.2) is 24.3 Å². The van der Waals surface area contributed by atoms with Gasteiger partial charge in [0.05, 0.1) is 18.9 Å². The second kappa shape index (κ2) is 6.60. The second-order valence-corrected chi connectivity index (χ2v) is 5.27. The highest BCUT2D eigenvalue weighted by molar-refractivity contribution is 14.1. The molecule has 0 aliphatic rings. The molecule has 0 fully saturated rings. The standard InChI is InChI=1S/C13H15IN2O/c1-10(6-7-15)16(2)13(17)9-11-4-3-5-12(14)8-11/h3-5,8,10H,6,9H2,1-2H3/t10-/m1/s1. The van der Waals surface area contributed by atoms with Crippen molar-refractivity contribution in [2.45, 2.75) is 25.8 Å². The Morgan fingerprint density at radius 2 is 2.29 bits per heavy atom. The molecule has 3 nitrogen and oxygen atoms in total. The normalized spacial score (nSPS) is 11.6. The Labute approximate surface area is 116 Å². The molecule has 0 saturated carbocycles. The van der Waals surface area contributed by atoms with Crippen LogP contribution < -0.4 is 0 Å². The van der Waals surface area contributed by atoms with E-state index < -0.39 is 0 Å². The Bertz CT molecular complexity index is 439. The third-order valence-corrected chi connectivity index (χ3v) is 3.36. The van der Waals surface area contributed by atoms with Crippen molar-refractivity contribution < 1.29 is 4.79 Å². The summed E-state index contributed by atoms with van der Waals surface area (Å²) in [4.78, 5) is 13.6. The van der Waals surface area contributed by atoms with Crippen LogP contribution >= 0.6 is 22.6 Å². The average molecular weight is 342 g/mol. The first-order valence-electron chi connectivity index (χ1n) is 5.41. The lowest BCUT2D eigenvalue weighted by atomic mass is 10.1. The van der Waals surface area contributed by atoms with Crippen molar-refractivity contribution in [3.63, 3.8) is 0 Å². The van der Waals surface area contributed by atoms with Gasteiger partial charge in [0.2, 0.25) is 5.91 Å². The summed E-state index contributed by atoms with van der Waals surface area (Å²) in [5, 5.41) is 8.60. The van der Waals surface area contributed by atoms with E-state index in [0.717, 1.165) is 9.13 Å². The van der Waals surface area contributed by atoms with E-state index in [1.807, 2.05) is 31.2 Å². The zero-order valence-electron chi connectivity index (χ0n) is 9.98. The van der Waals surface area contributed by atoms with Crippen molar-refractivity contribution in [2.24, 2.45) is 0 Å². The molecule has 90 valence electrons. The van der Waals surface area contributed by atoms with E-state index in [1.54, 1.807) is 11.9 Å². The molecular formula is C13H15IN2O. The Kier molecular flexibility index (Phi) is 5.42. The molecular weight excluding hydrogens is 327 g/mol. The van der Waals surface area contributed by atoms with Crippen molar-refractivity contribution >= 4 is 28.5 Å². The molecule has 0 unspecified atom stereocenters. The zero-order chi connectivity index (χ0) is 12.8. The lowest BCUT2D eigenvalue weighted by Crippen LogP contribution is -2.35. The van der Waals surface area contributed by atoms with Gasteiger partial charge in [0.25, 0.3) is 0 Å². The molecule has 0 aromatic heterocycles. The number of nitrogens with zero attached hydrogens (tertiary/aromatic N) is 2. The predicted molar refractivity (Wildman–Crippen MR) is 75.3 cm³/mol. The quantitative estimate of drug-likeness (QED) is 0.790. The number of halogens is 1. The molecule has 1 atom stereocenters. The van der Waals surface area contributed by atoms with Crippen molar-refractivity contribution in [1.29, 1.82) is 5.26 Å². The van der Waals surface area contributed by atoms with E-state index >= 15 is 0 Å². The fraction of sp³-hybridized carbons (Fsp3) is 0.385. The van der Waals surface area contributed by atoms with Crippen LogP contribution in [-0.2, 0) is 11.2 Å². The van der Waals surface area contributed by atoms with Crippen LogP contribution in [0.4, 0.5) is 0 Å². The van der Waals surface area contributed by atoms with Gasteiger partial charge in [-0.25, -0.2) is 0 Å². The van der Waals surface area contributed by atoms with Crippen LogP contribution in [0.5, 0.6) is 0 Å². The largest absolute Gasteiger partial charge is 0.342 e. The van der Waals surface area contributed by atoms with Crippen LogP contribution in [0.25, 0.3) is 0 Å². The Morgan fingerprint density at radius 1 is 1.59 bits per heavy atom. The van der Waals surface area contributed by atoms with Crippen molar-refractivity contribution in [1.82, 2.24) is 4.90 Å².